The Labute approximate surface area is 99.6 Å². The molecule has 0 aliphatic carbocycles. The summed E-state index contributed by atoms with van der Waals surface area (Å²) in [5.74, 6) is 0.198. The molecule has 1 unspecified atom stereocenters. The van der Waals surface area contributed by atoms with Crippen LogP contribution in [0.15, 0.2) is 29.7 Å². The van der Waals surface area contributed by atoms with Crippen LogP contribution in [0.3, 0.4) is 0 Å². The van der Waals surface area contributed by atoms with Crippen molar-refractivity contribution >= 4 is 17.1 Å². The minimum Gasteiger partial charge on any atom is -0.329 e. The summed E-state index contributed by atoms with van der Waals surface area (Å²) in [7, 11) is 0. The van der Waals surface area contributed by atoms with Crippen LogP contribution in [0.1, 0.15) is 16.1 Å². The molecule has 0 fully saturated rings. The maximum absolute atomic E-state index is 11.9. The van der Waals surface area contributed by atoms with Gasteiger partial charge in [0.05, 0.1) is 11.4 Å². The summed E-state index contributed by atoms with van der Waals surface area (Å²) in [6, 6.07) is 4.01. The van der Waals surface area contributed by atoms with E-state index in [9.17, 15) is 4.79 Å². The van der Waals surface area contributed by atoms with Crippen LogP contribution < -0.4 is 5.73 Å². The lowest BCUT2D eigenvalue weighted by Crippen LogP contribution is -2.44. The van der Waals surface area contributed by atoms with E-state index in [1.807, 2.05) is 17.5 Å². The van der Waals surface area contributed by atoms with Crippen LogP contribution in [0, 0.1) is 0 Å². The van der Waals surface area contributed by atoms with Crippen LogP contribution in [-0.4, -0.2) is 36.4 Å². The maximum Gasteiger partial charge on any atom is 0.186 e. The molecule has 0 saturated carbocycles. The normalized spacial score (nSPS) is 21.2. The molecule has 1 aromatic rings. The molecule has 1 aliphatic rings. The zero-order valence-corrected chi connectivity index (χ0v) is 9.95. The molecule has 3 nitrogen and oxygen atoms in total. The predicted octanol–water partition coefficient (Wildman–Crippen LogP) is 1.52. The number of carbonyl (C=O) groups is 1. The molecule has 0 bridgehead atoms. The molecule has 0 saturated heterocycles. The number of nitrogens with zero attached hydrogens (tertiary/aromatic N) is 1. The summed E-state index contributed by atoms with van der Waals surface area (Å²) in [5, 5.41) is 1.93. The number of nitrogens with two attached hydrogens (primary N) is 1. The van der Waals surface area contributed by atoms with Gasteiger partial charge in [0.1, 0.15) is 0 Å². The molecule has 2 heterocycles. The molecule has 0 aromatic carbocycles. The van der Waals surface area contributed by atoms with Gasteiger partial charge in [0.25, 0.3) is 0 Å². The maximum atomic E-state index is 11.9. The second-order valence-electron chi connectivity index (χ2n) is 3.89. The van der Waals surface area contributed by atoms with Crippen molar-refractivity contribution in [2.45, 2.75) is 12.5 Å². The second-order valence-corrected chi connectivity index (χ2v) is 4.84. The standard InChI is InChI=1S/C12H16N2OS/c13-8-10-4-1-2-6-14(10)9-11(15)12-5-3-7-16-12/h1,3-5,7,10H,2,6,8-9,13H2. The van der Waals surface area contributed by atoms with Gasteiger partial charge >= 0.3 is 0 Å². The molecule has 86 valence electrons. The van der Waals surface area contributed by atoms with E-state index in [1.54, 1.807) is 0 Å². The summed E-state index contributed by atoms with van der Waals surface area (Å²) in [5.41, 5.74) is 5.69. The Bertz CT molecular complexity index is 372. The van der Waals surface area contributed by atoms with E-state index in [-0.39, 0.29) is 11.8 Å². The first-order valence-corrected chi connectivity index (χ1v) is 6.36. The Kier molecular flexibility index (Phi) is 3.88. The van der Waals surface area contributed by atoms with Crippen LogP contribution in [0.4, 0.5) is 0 Å². The summed E-state index contributed by atoms with van der Waals surface area (Å²) in [6.45, 7) is 1.98. The number of Topliss-reactive ketones (excluding diaryl/α,β-unsaturated/α-hetero) is 1. The molecule has 4 heteroatoms. The van der Waals surface area contributed by atoms with E-state index in [1.165, 1.54) is 11.3 Å². The average Bonchev–Trinajstić information content (AvgIpc) is 2.83. The molecule has 2 rings (SSSR count). The molecule has 1 aromatic heterocycles. The Morgan fingerprint density at radius 1 is 1.62 bits per heavy atom. The fraction of sp³-hybridized carbons (Fsp3) is 0.417. The van der Waals surface area contributed by atoms with Crippen LogP contribution in [0.2, 0.25) is 0 Å². The summed E-state index contributed by atoms with van der Waals surface area (Å²) >= 11 is 1.50. The van der Waals surface area contributed by atoms with Crippen LogP contribution >= 0.6 is 11.3 Å². The molecule has 0 spiro atoms. The van der Waals surface area contributed by atoms with E-state index in [2.05, 4.69) is 17.1 Å². The molecule has 0 radical (unpaired) electrons. The van der Waals surface area contributed by atoms with Crippen LogP contribution in [0.25, 0.3) is 0 Å². The molecule has 1 aliphatic heterocycles. The highest BCUT2D eigenvalue weighted by Gasteiger charge is 2.20. The van der Waals surface area contributed by atoms with Gasteiger partial charge in [-0.1, -0.05) is 18.2 Å². The lowest BCUT2D eigenvalue weighted by Gasteiger charge is -2.30. The smallest absolute Gasteiger partial charge is 0.186 e. The van der Waals surface area contributed by atoms with Crippen molar-refractivity contribution in [2.24, 2.45) is 5.73 Å². The van der Waals surface area contributed by atoms with Crippen molar-refractivity contribution in [3.05, 3.63) is 34.5 Å². The Morgan fingerprint density at radius 2 is 2.50 bits per heavy atom. The number of hydrogen-bond acceptors (Lipinski definition) is 4. The molecule has 2 N–H and O–H groups in total. The zero-order chi connectivity index (χ0) is 11.4. The topological polar surface area (TPSA) is 46.3 Å². The first-order chi connectivity index (χ1) is 7.81. The van der Waals surface area contributed by atoms with Gasteiger partial charge in [0.15, 0.2) is 5.78 Å². The largest absolute Gasteiger partial charge is 0.329 e. The third-order valence-electron chi connectivity index (χ3n) is 2.79. The van der Waals surface area contributed by atoms with Gasteiger partial charge in [0, 0.05) is 19.1 Å². The predicted molar refractivity (Wildman–Crippen MR) is 66.8 cm³/mol. The first-order valence-electron chi connectivity index (χ1n) is 5.48. The first kappa shape index (κ1) is 11.5. The summed E-state index contributed by atoms with van der Waals surface area (Å²) in [6.07, 6.45) is 5.25. The average molecular weight is 236 g/mol. The third kappa shape index (κ3) is 2.58. The van der Waals surface area contributed by atoms with Crippen LogP contribution in [0.5, 0.6) is 0 Å². The monoisotopic (exact) mass is 236 g/mol. The SMILES string of the molecule is NCC1C=CCCN1CC(=O)c1cccs1. The Balaban J connectivity index is 1.99. The van der Waals surface area contributed by atoms with Gasteiger partial charge in [-0.05, 0) is 17.9 Å². The number of rotatable bonds is 4. The number of ketones is 1. The van der Waals surface area contributed by atoms with Crippen molar-refractivity contribution in [2.75, 3.05) is 19.6 Å². The zero-order valence-electron chi connectivity index (χ0n) is 9.13. The highest BCUT2D eigenvalue weighted by molar-refractivity contribution is 7.12. The van der Waals surface area contributed by atoms with Crippen molar-refractivity contribution in [3.8, 4) is 0 Å². The lowest BCUT2D eigenvalue weighted by molar-refractivity contribution is 0.0914. The number of carbonyl (C=O) groups excluding carboxylic acids is 1. The van der Waals surface area contributed by atoms with Gasteiger partial charge < -0.3 is 5.73 Å². The van der Waals surface area contributed by atoms with Gasteiger partial charge in [0.2, 0.25) is 0 Å². The van der Waals surface area contributed by atoms with Gasteiger partial charge in [-0.3, -0.25) is 9.69 Å². The molecule has 1 atom stereocenters. The molecule has 0 amide bonds. The van der Waals surface area contributed by atoms with E-state index in [4.69, 9.17) is 5.73 Å². The Hall–Kier alpha value is -0.970. The van der Waals surface area contributed by atoms with E-state index in [0.29, 0.717) is 13.1 Å². The number of hydrogen-bond donors (Lipinski definition) is 1. The van der Waals surface area contributed by atoms with Gasteiger partial charge in [-0.15, -0.1) is 11.3 Å². The van der Waals surface area contributed by atoms with E-state index < -0.39 is 0 Å². The Morgan fingerprint density at radius 3 is 3.19 bits per heavy atom. The third-order valence-corrected chi connectivity index (χ3v) is 3.71. The minimum absolute atomic E-state index is 0.198. The molecule has 16 heavy (non-hydrogen) atoms. The van der Waals surface area contributed by atoms with Gasteiger partial charge in [-0.25, -0.2) is 0 Å². The van der Waals surface area contributed by atoms with Crippen molar-refractivity contribution in [3.63, 3.8) is 0 Å². The quantitative estimate of drug-likeness (QED) is 0.637. The lowest BCUT2D eigenvalue weighted by atomic mass is 10.1. The van der Waals surface area contributed by atoms with E-state index >= 15 is 0 Å². The van der Waals surface area contributed by atoms with Crippen molar-refractivity contribution in [1.29, 1.82) is 0 Å². The highest BCUT2D eigenvalue weighted by Crippen LogP contribution is 2.13. The summed E-state index contributed by atoms with van der Waals surface area (Å²) in [4.78, 5) is 14.9. The summed E-state index contributed by atoms with van der Waals surface area (Å²) < 4.78 is 0. The van der Waals surface area contributed by atoms with Gasteiger partial charge in [-0.2, -0.15) is 0 Å². The molecular weight excluding hydrogens is 220 g/mol. The minimum atomic E-state index is 0.198. The second kappa shape index (κ2) is 5.39. The molecular formula is C12H16N2OS. The fourth-order valence-electron chi connectivity index (χ4n) is 1.90. The van der Waals surface area contributed by atoms with Crippen molar-refractivity contribution < 1.29 is 4.79 Å². The number of thiophene rings is 1. The highest BCUT2D eigenvalue weighted by atomic mass is 32.1. The fourth-order valence-corrected chi connectivity index (χ4v) is 2.56. The van der Waals surface area contributed by atoms with E-state index in [0.717, 1.165) is 17.8 Å². The van der Waals surface area contributed by atoms with Crippen molar-refractivity contribution in [1.82, 2.24) is 4.90 Å². The van der Waals surface area contributed by atoms with Crippen LogP contribution in [-0.2, 0) is 0 Å².